The molecule has 6 nitrogen and oxygen atoms in total. The van der Waals surface area contributed by atoms with Crippen LogP contribution in [0.4, 0.5) is 5.82 Å². The van der Waals surface area contributed by atoms with Crippen LogP contribution in [0.3, 0.4) is 0 Å². The van der Waals surface area contributed by atoms with Gasteiger partial charge in [-0.3, -0.25) is 14.9 Å². The molecule has 0 aliphatic rings. The predicted octanol–water partition coefficient (Wildman–Crippen LogP) is 3.02. The highest BCUT2D eigenvalue weighted by Crippen LogP contribution is 2.18. The van der Waals surface area contributed by atoms with Crippen molar-refractivity contribution in [2.45, 2.75) is 19.4 Å². The van der Waals surface area contributed by atoms with Gasteiger partial charge in [-0.05, 0) is 24.5 Å². The third kappa shape index (κ3) is 4.57. The van der Waals surface area contributed by atoms with E-state index in [1.54, 1.807) is 13.0 Å². The zero-order valence-electron chi connectivity index (χ0n) is 14.3. The monoisotopic (exact) mass is 349 g/mol. The molecule has 26 heavy (non-hydrogen) atoms. The number of aryl methyl sites for hydroxylation is 1. The third-order valence-electron chi connectivity index (χ3n) is 3.87. The van der Waals surface area contributed by atoms with Crippen molar-refractivity contribution in [3.63, 3.8) is 0 Å². The first kappa shape index (κ1) is 17.4. The molecule has 2 aromatic carbocycles. The van der Waals surface area contributed by atoms with Gasteiger partial charge in [0.2, 0.25) is 0 Å². The van der Waals surface area contributed by atoms with Crippen molar-refractivity contribution in [3.05, 3.63) is 83.6 Å². The maximum Gasteiger partial charge on any atom is 0.314 e. The summed E-state index contributed by atoms with van der Waals surface area (Å²) >= 11 is 0. The molecule has 6 heteroatoms. The molecule has 1 atom stereocenters. The smallest absolute Gasteiger partial charge is 0.314 e. The number of aromatic nitrogens is 1. The second-order valence-electron chi connectivity index (χ2n) is 5.90. The Hall–Kier alpha value is -3.41. The molecule has 0 aliphatic heterocycles. The number of carbonyl (C=O) groups excluding carboxylic acids is 2. The SMILES string of the molecule is Cc1cc(NC(=O)C(=O)N[C@@H](Cc2ccccc2)c2ccccc2)no1. The standard InChI is InChI=1S/C20H19N3O3/c1-14-12-18(23-26-14)22-20(25)19(24)21-17(16-10-6-3-7-11-16)13-15-8-4-2-5-9-15/h2-12,17H,13H2,1H3,(H,21,24)(H,22,23,25)/t17-/m0/s1. The summed E-state index contributed by atoms with van der Waals surface area (Å²) in [5.41, 5.74) is 1.99. The van der Waals surface area contributed by atoms with Crippen LogP contribution in [0.5, 0.6) is 0 Å². The maximum atomic E-state index is 12.3. The summed E-state index contributed by atoms with van der Waals surface area (Å²) in [5, 5.41) is 8.88. The number of benzene rings is 2. The van der Waals surface area contributed by atoms with E-state index in [1.165, 1.54) is 0 Å². The number of anilines is 1. The highest BCUT2D eigenvalue weighted by atomic mass is 16.5. The van der Waals surface area contributed by atoms with E-state index in [-0.39, 0.29) is 11.9 Å². The maximum absolute atomic E-state index is 12.3. The van der Waals surface area contributed by atoms with Gasteiger partial charge < -0.3 is 9.84 Å². The Kier molecular flexibility index (Phi) is 5.43. The van der Waals surface area contributed by atoms with Gasteiger partial charge in [0.1, 0.15) is 5.76 Å². The number of nitrogens with zero attached hydrogens (tertiary/aromatic N) is 1. The first-order valence-corrected chi connectivity index (χ1v) is 8.26. The first-order chi connectivity index (χ1) is 12.6. The number of nitrogens with one attached hydrogen (secondary N) is 2. The fourth-order valence-electron chi connectivity index (χ4n) is 2.61. The minimum Gasteiger partial charge on any atom is -0.360 e. The molecule has 3 rings (SSSR count). The lowest BCUT2D eigenvalue weighted by Gasteiger charge is -2.19. The number of hydrogen-bond donors (Lipinski definition) is 2. The summed E-state index contributed by atoms with van der Waals surface area (Å²) in [6.07, 6.45) is 0.576. The summed E-state index contributed by atoms with van der Waals surface area (Å²) in [6, 6.07) is 20.6. The summed E-state index contributed by atoms with van der Waals surface area (Å²) in [4.78, 5) is 24.5. The molecule has 0 fully saturated rings. The van der Waals surface area contributed by atoms with Crippen molar-refractivity contribution < 1.29 is 14.1 Å². The van der Waals surface area contributed by atoms with Crippen molar-refractivity contribution in [2.75, 3.05) is 5.32 Å². The Morgan fingerprint density at radius 1 is 1.00 bits per heavy atom. The van der Waals surface area contributed by atoms with E-state index < -0.39 is 11.8 Å². The molecule has 0 radical (unpaired) electrons. The van der Waals surface area contributed by atoms with Crippen molar-refractivity contribution in [1.29, 1.82) is 0 Å². The molecule has 3 aromatic rings. The van der Waals surface area contributed by atoms with Gasteiger partial charge in [-0.25, -0.2) is 0 Å². The van der Waals surface area contributed by atoms with Gasteiger partial charge in [-0.15, -0.1) is 0 Å². The zero-order valence-corrected chi connectivity index (χ0v) is 14.3. The van der Waals surface area contributed by atoms with Crippen LogP contribution in [0.1, 0.15) is 22.9 Å². The quantitative estimate of drug-likeness (QED) is 0.694. The minimum absolute atomic E-state index is 0.210. The van der Waals surface area contributed by atoms with Gasteiger partial charge in [0, 0.05) is 6.07 Å². The third-order valence-corrected chi connectivity index (χ3v) is 3.87. The lowest BCUT2D eigenvalue weighted by molar-refractivity contribution is -0.136. The summed E-state index contributed by atoms with van der Waals surface area (Å²) < 4.78 is 4.88. The molecule has 0 aliphatic carbocycles. The van der Waals surface area contributed by atoms with E-state index in [2.05, 4.69) is 15.8 Å². The van der Waals surface area contributed by atoms with Gasteiger partial charge in [-0.1, -0.05) is 65.8 Å². The molecule has 2 N–H and O–H groups in total. The average Bonchev–Trinajstić information content (AvgIpc) is 3.07. The van der Waals surface area contributed by atoms with Gasteiger partial charge in [0.05, 0.1) is 6.04 Å². The number of rotatable bonds is 5. The van der Waals surface area contributed by atoms with Crippen LogP contribution >= 0.6 is 0 Å². The molecule has 0 saturated heterocycles. The molecule has 132 valence electrons. The lowest BCUT2D eigenvalue weighted by Crippen LogP contribution is -2.38. The van der Waals surface area contributed by atoms with E-state index in [0.717, 1.165) is 11.1 Å². The van der Waals surface area contributed by atoms with Crippen molar-refractivity contribution in [1.82, 2.24) is 10.5 Å². The Balaban J connectivity index is 1.72. The fourth-order valence-corrected chi connectivity index (χ4v) is 2.61. The predicted molar refractivity (Wildman–Crippen MR) is 97.3 cm³/mol. The molecule has 1 aromatic heterocycles. The fraction of sp³-hybridized carbons (Fsp3) is 0.150. The Labute approximate surface area is 151 Å². The Bertz CT molecular complexity index is 876. The normalized spacial score (nSPS) is 11.6. The number of carbonyl (C=O) groups is 2. The zero-order chi connectivity index (χ0) is 18.4. The highest BCUT2D eigenvalue weighted by Gasteiger charge is 2.21. The molecule has 0 bridgehead atoms. The largest absolute Gasteiger partial charge is 0.360 e. The van der Waals surface area contributed by atoms with E-state index in [0.29, 0.717) is 12.2 Å². The Morgan fingerprint density at radius 3 is 2.27 bits per heavy atom. The molecule has 1 heterocycles. The number of hydrogen-bond acceptors (Lipinski definition) is 4. The topological polar surface area (TPSA) is 84.2 Å². The van der Waals surface area contributed by atoms with Crippen LogP contribution in [0.2, 0.25) is 0 Å². The van der Waals surface area contributed by atoms with E-state index >= 15 is 0 Å². The second-order valence-corrected chi connectivity index (χ2v) is 5.90. The van der Waals surface area contributed by atoms with Gasteiger partial charge in [0.15, 0.2) is 5.82 Å². The first-order valence-electron chi connectivity index (χ1n) is 8.26. The van der Waals surface area contributed by atoms with E-state index in [4.69, 9.17) is 4.52 Å². The van der Waals surface area contributed by atoms with Crippen LogP contribution < -0.4 is 10.6 Å². The summed E-state index contributed by atoms with van der Waals surface area (Å²) in [6.45, 7) is 1.70. The van der Waals surface area contributed by atoms with Gasteiger partial charge >= 0.3 is 11.8 Å². The lowest BCUT2D eigenvalue weighted by atomic mass is 9.99. The van der Waals surface area contributed by atoms with Gasteiger partial charge in [0.25, 0.3) is 0 Å². The van der Waals surface area contributed by atoms with Crippen molar-refractivity contribution in [2.24, 2.45) is 0 Å². The van der Waals surface area contributed by atoms with Crippen LogP contribution in [0.25, 0.3) is 0 Å². The van der Waals surface area contributed by atoms with Crippen LogP contribution in [-0.2, 0) is 16.0 Å². The summed E-state index contributed by atoms with van der Waals surface area (Å²) in [5.74, 6) is -0.753. The minimum atomic E-state index is -0.785. The average molecular weight is 349 g/mol. The molecule has 0 unspecified atom stereocenters. The number of amides is 2. The van der Waals surface area contributed by atoms with E-state index in [1.807, 2.05) is 60.7 Å². The molecular formula is C20H19N3O3. The Morgan fingerprint density at radius 2 is 1.65 bits per heavy atom. The van der Waals surface area contributed by atoms with Crippen molar-refractivity contribution >= 4 is 17.6 Å². The van der Waals surface area contributed by atoms with Crippen LogP contribution in [0.15, 0.2) is 71.3 Å². The molecule has 0 saturated carbocycles. The highest BCUT2D eigenvalue weighted by molar-refractivity contribution is 6.39. The summed E-state index contributed by atoms with van der Waals surface area (Å²) in [7, 11) is 0. The van der Waals surface area contributed by atoms with E-state index in [9.17, 15) is 9.59 Å². The van der Waals surface area contributed by atoms with Gasteiger partial charge in [-0.2, -0.15) is 0 Å². The second kappa shape index (κ2) is 8.11. The van der Waals surface area contributed by atoms with Crippen LogP contribution in [-0.4, -0.2) is 17.0 Å². The molecular weight excluding hydrogens is 330 g/mol. The van der Waals surface area contributed by atoms with Crippen LogP contribution in [0, 0.1) is 6.92 Å². The molecule has 2 amide bonds. The molecule has 0 spiro atoms. The van der Waals surface area contributed by atoms with Crippen molar-refractivity contribution in [3.8, 4) is 0 Å².